The lowest BCUT2D eigenvalue weighted by Crippen LogP contribution is -2.42. The average molecular weight is 513 g/mol. The van der Waals surface area contributed by atoms with Crippen molar-refractivity contribution in [1.82, 2.24) is 5.32 Å². The van der Waals surface area contributed by atoms with Gasteiger partial charge in [-0.05, 0) is 42.0 Å². The van der Waals surface area contributed by atoms with Crippen LogP contribution in [0.15, 0.2) is 60.7 Å². The maximum absolute atomic E-state index is 12.9. The van der Waals surface area contributed by atoms with Crippen molar-refractivity contribution >= 4 is 52.6 Å². The molecular weight excluding hydrogens is 495 g/mol. The predicted molar refractivity (Wildman–Crippen MR) is 130 cm³/mol. The average Bonchev–Trinajstić information content (AvgIpc) is 3.09. The van der Waals surface area contributed by atoms with E-state index in [0.29, 0.717) is 17.0 Å². The number of carboxylic acid groups (broad SMARTS) is 1. The zero-order valence-corrected chi connectivity index (χ0v) is 19.8. The minimum Gasteiger partial charge on any atom is -0.496 e. The van der Waals surface area contributed by atoms with Gasteiger partial charge >= 0.3 is 5.97 Å². The first kappa shape index (κ1) is 24.3. The van der Waals surface area contributed by atoms with Crippen LogP contribution in [0.1, 0.15) is 36.6 Å². The van der Waals surface area contributed by atoms with E-state index in [1.807, 2.05) is 0 Å². The number of anilines is 1. The van der Waals surface area contributed by atoms with Gasteiger partial charge in [-0.25, -0.2) is 9.69 Å². The number of carboxylic acids is 1. The second kappa shape index (κ2) is 9.77. The molecule has 3 aromatic rings. The van der Waals surface area contributed by atoms with Gasteiger partial charge in [0.05, 0.1) is 39.5 Å². The summed E-state index contributed by atoms with van der Waals surface area (Å²) in [7, 11) is 1.42. The van der Waals surface area contributed by atoms with E-state index in [9.17, 15) is 24.3 Å². The molecule has 1 heterocycles. The Bertz CT molecular complexity index is 1340. The lowest BCUT2D eigenvalue weighted by molar-refractivity contribution is -0.139. The van der Waals surface area contributed by atoms with Crippen molar-refractivity contribution in [3.8, 4) is 5.75 Å². The van der Waals surface area contributed by atoms with Crippen LogP contribution in [0, 0.1) is 0 Å². The van der Waals surface area contributed by atoms with Crippen molar-refractivity contribution in [2.24, 2.45) is 0 Å². The fraction of sp³-hybridized carbons (Fsp3) is 0.120. The largest absolute Gasteiger partial charge is 0.496 e. The first-order chi connectivity index (χ1) is 16.7. The summed E-state index contributed by atoms with van der Waals surface area (Å²) in [6.45, 7) is 0. The highest BCUT2D eigenvalue weighted by molar-refractivity contribution is 6.39. The predicted octanol–water partition coefficient (Wildman–Crippen LogP) is 4.23. The summed E-state index contributed by atoms with van der Waals surface area (Å²) in [4.78, 5) is 51.2. The Morgan fingerprint density at radius 2 is 1.60 bits per heavy atom. The number of hydrogen-bond donors (Lipinski definition) is 2. The molecule has 0 bridgehead atoms. The van der Waals surface area contributed by atoms with E-state index in [4.69, 9.17) is 27.9 Å². The van der Waals surface area contributed by atoms with Gasteiger partial charge in [0.15, 0.2) is 0 Å². The molecule has 0 spiro atoms. The summed E-state index contributed by atoms with van der Waals surface area (Å²) in [5.74, 6) is -2.66. The van der Waals surface area contributed by atoms with Crippen molar-refractivity contribution in [2.45, 2.75) is 12.5 Å². The molecule has 0 fully saturated rings. The Hall–Kier alpha value is -3.88. The third kappa shape index (κ3) is 4.58. The van der Waals surface area contributed by atoms with Crippen LogP contribution >= 0.6 is 23.2 Å². The summed E-state index contributed by atoms with van der Waals surface area (Å²) in [5.41, 5.74) is 1.29. The standard InChI is InChI=1S/C25H18Cl2N2O6/c1-35-19-7-2-4-15-20(19)24(32)29(23(15)31)14-10-8-13(9-11-14)12-18(25(33)34)28-22(30)21-16(26)5-3-6-17(21)27/h2-11,18H,12H2,1H3,(H,28,30)(H,33,34). The number of carbonyl (C=O) groups is 4. The van der Waals surface area contributed by atoms with E-state index in [1.165, 1.54) is 31.4 Å². The van der Waals surface area contributed by atoms with Crippen LogP contribution < -0.4 is 15.0 Å². The van der Waals surface area contributed by atoms with E-state index >= 15 is 0 Å². The summed E-state index contributed by atoms with van der Waals surface area (Å²) in [5, 5.41) is 12.3. The molecule has 1 unspecified atom stereocenters. The third-order valence-corrected chi connectivity index (χ3v) is 6.15. The van der Waals surface area contributed by atoms with E-state index in [2.05, 4.69) is 5.32 Å². The van der Waals surface area contributed by atoms with Gasteiger partial charge in [-0.15, -0.1) is 0 Å². The van der Waals surface area contributed by atoms with E-state index in [0.717, 1.165) is 4.90 Å². The maximum Gasteiger partial charge on any atom is 0.326 e. The summed E-state index contributed by atoms with van der Waals surface area (Å²) >= 11 is 12.1. The van der Waals surface area contributed by atoms with Crippen LogP contribution in [0.2, 0.25) is 10.0 Å². The quantitative estimate of drug-likeness (QED) is 0.458. The lowest BCUT2D eigenvalue weighted by atomic mass is 10.0. The van der Waals surface area contributed by atoms with Crippen molar-refractivity contribution in [2.75, 3.05) is 12.0 Å². The lowest BCUT2D eigenvalue weighted by Gasteiger charge is -2.17. The van der Waals surface area contributed by atoms with Gasteiger partial charge in [0.1, 0.15) is 11.8 Å². The van der Waals surface area contributed by atoms with Gasteiger partial charge in [0.25, 0.3) is 17.7 Å². The number of ether oxygens (including phenoxy) is 1. The number of imide groups is 1. The summed E-state index contributed by atoms with van der Waals surface area (Å²) < 4.78 is 5.22. The maximum atomic E-state index is 12.9. The molecule has 4 rings (SSSR count). The van der Waals surface area contributed by atoms with E-state index in [-0.39, 0.29) is 33.2 Å². The van der Waals surface area contributed by atoms with Crippen molar-refractivity contribution in [3.63, 3.8) is 0 Å². The van der Waals surface area contributed by atoms with Gasteiger partial charge < -0.3 is 15.2 Å². The molecule has 0 aromatic heterocycles. The van der Waals surface area contributed by atoms with Crippen LogP contribution in [0.3, 0.4) is 0 Å². The molecule has 3 amide bonds. The molecule has 0 radical (unpaired) electrons. The molecule has 8 nitrogen and oxygen atoms in total. The molecule has 35 heavy (non-hydrogen) atoms. The number of fused-ring (bicyclic) bond motifs is 1. The van der Waals surface area contributed by atoms with Crippen LogP contribution in [-0.4, -0.2) is 41.9 Å². The molecule has 0 saturated heterocycles. The summed E-state index contributed by atoms with van der Waals surface area (Å²) in [6.07, 6.45) is -0.0562. The number of nitrogens with zero attached hydrogens (tertiary/aromatic N) is 1. The smallest absolute Gasteiger partial charge is 0.326 e. The van der Waals surface area contributed by atoms with Crippen molar-refractivity contribution < 1.29 is 29.0 Å². The molecule has 1 atom stereocenters. The van der Waals surface area contributed by atoms with Crippen LogP contribution in [0.25, 0.3) is 0 Å². The topological polar surface area (TPSA) is 113 Å². The minimum absolute atomic E-state index is 0.0153. The Labute approximate surface area is 210 Å². The normalized spacial score (nSPS) is 13.4. The molecule has 178 valence electrons. The number of aliphatic carboxylic acids is 1. The molecule has 1 aliphatic rings. The van der Waals surface area contributed by atoms with Gasteiger partial charge in [0.2, 0.25) is 0 Å². The number of carbonyl (C=O) groups excluding carboxylic acids is 3. The van der Waals surface area contributed by atoms with Crippen molar-refractivity contribution in [3.05, 3.63) is 93.0 Å². The third-order valence-electron chi connectivity index (χ3n) is 5.52. The number of methoxy groups -OCH3 is 1. The van der Waals surface area contributed by atoms with Crippen LogP contribution in [0.5, 0.6) is 5.75 Å². The van der Waals surface area contributed by atoms with Crippen LogP contribution in [-0.2, 0) is 11.2 Å². The minimum atomic E-state index is -1.27. The second-order valence-electron chi connectivity index (χ2n) is 7.66. The highest BCUT2D eigenvalue weighted by Gasteiger charge is 2.39. The van der Waals surface area contributed by atoms with E-state index < -0.39 is 29.7 Å². The fourth-order valence-electron chi connectivity index (χ4n) is 3.82. The van der Waals surface area contributed by atoms with Gasteiger partial charge in [-0.2, -0.15) is 0 Å². The molecule has 10 heteroatoms. The van der Waals surface area contributed by atoms with Gasteiger partial charge in [-0.3, -0.25) is 14.4 Å². The molecule has 2 N–H and O–H groups in total. The number of hydrogen-bond acceptors (Lipinski definition) is 5. The zero-order valence-electron chi connectivity index (χ0n) is 18.2. The number of nitrogens with one attached hydrogen (secondary N) is 1. The highest BCUT2D eigenvalue weighted by atomic mass is 35.5. The number of rotatable bonds is 7. The first-order valence-electron chi connectivity index (χ1n) is 10.3. The highest BCUT2D eigenvalue weighted by Crippen LogP contribution is 2.34. The SMILES string of the molecule is COc1cccc2c1C(=O)N(c1ccc(CC(NC(=O)c3c(Cl)cccc3Cl)C(=O)O)cc1)C2=O. The zero-order chi connectivity index (χ0) is 25.3. The van der Waals surface area contributed by atoms with Crippen LogP contribution in [0.4, 0.5) is 5.69 Å². The molecular formula is C25H18Cl2N2O6. The molecule has 0 aliphatic carbocycles. The Kier molecular flexibility index (Phi) is 6.77. The molecule has 0 saturated carbocycles. The molecule has 1 aliphatic heterocycles. The van der Waals surface area contributed by atoms with Crippen molar-refractivity contribution in [1.29, 1.82) is 0 Å². The Balaban J connectivity index is 1.52. The fourth-order valence-corrected chi connectivity index (χ4v) is 4.39. The molecule has 3 aromatic carbocycles. The first-order valence-corrected chi connectivity index (χ1v) is 11.1. The second-order valence-corrected chi connectivity index (χ2v) is 8.47. The number of benzene rings is 3. The Morgan fingerprint density at radius 1 is 0.971 bits per heavy atom. The van der Waals surface area contributed by atoms with E-state index in [1.54, 1.807) is 36.4 Å². The van der Waals surface area contributed by atoms with Gasteiger partial charge in [-0.1, -0.05) is 47.5 Å². The monoisotopic (exact) mass is 512 g/mol. The Morgan fingerprint density at radius 3 is 2.20 bits per heavy atom. The van der Waals surface area contributed by atoms with Gasteiger partial charge in [0, 0.05) is 6.42 Å². The number of amides is 3. The number of halogens is 2. The summed E-state index contributed by atoms with van der Waals surface area (Å²) in [6, 6.07) is 14.3.